The normalized spacial score (nSPS) is 10.9. The minimum atomic E-state index is -0.444. The van der Waals surface area contributed by atoms with Crippen LogP contribution in [-0.4, -0.2) is 30.9 Å². The molecule has 3 aromatic heterocycles. The summed E-state index contributed by atoms with van der Waals surface area (Å²) in [5.74, 6) is -0.247. The summed E-state index contributed by atoms with van der Waals surface area (Å²) in [5.41, 5.74) is 3.40. The largest absolute Gasteiger partial charge is 0.460 e. The number of thioether (sulfide) groups is 1. The summed E-state index contributed by atoms with van der Waals surface area (Å²) in [6.07, 6.45) is 3.63. The maximum absolute atomic E-state index is 13.4. The van der Waals surface area contributed by atoms with Gasteiger partial charge in [-0.1, -0.05) is 36.0 Å². The summed E-state index contributed by atoms with van der Waals surface area (Å²) in [5, 5.41) is 18.6. The van der Waals surface area contributed by atoms with Gasteiger partial charge >= 0.3 is 5.97 Å². The first-order chi connectivity index (χ1) is 17.1. The molecule has 0 bridgehead atoms. The molecule has 0 aliphatic carbocycles. The third kappa shape index (κ3) is 4.65. The molecule has 172 valence electrons. The Balaban J connectivity index is 1.33. The van der Waals surface area contributed by atoms with Crippen LogP contribution in [0.3, 0.4) is 0 Å². The van der Waals surface area contributed by atoms with E-state index in [0.717, 1.165) is 11.2 Å². The molecular weight excluding hydrogens is 465 g/mol. The molecule has 0 radical (unpaired) electrons. The molecule has 35 heavy (non-hydrogen) atoms. The quantitative estimate of drug-likeness (QED) is 0.238. The van der Waals surface area contributed by atoms with Crippen LogP contribution in [0.2, 0.25) is 0 Å². The number of ether oxygens (including phenoxy) is 1. The molecule has 0 atom stereocenters. The predicted molar refractivity (Wildman–Crippen MR) is 129 cm³/mol. The molecule has 7 nitrogen and oxygen atoms in total. The summed E-state index contributed by atoms with van der Waals surface area (Å²) in [4.78, 5) is 12.5. The van der Waals surface area contributed by atoms with E-state index in [9.17, 15) is 14.4 Å². The van der Waals surface area contributed by atoms with Crippen molar-refractivity contribution in [2.24, 2.45) is 0 Å². The van der Waals surface area contributed by atoms with E-state index in [0.29, 0.717) is 27.7 Å². The van der Waals surface area contributed by atoms with Crippen molar-refractivity contribution in [1.82, 2.24) is 19.2 Å². The van der Waals surface area contributed by atoms with Gasteiger partial charge in [0.1, 0.15) is 18.5 Å². The first kappa shape index (κ1) is 22.4. The van der Waals surface area contributed by atoms with Crippen molar-refractivity contribution >= 4 is 23.2 Å². The minimum absolute atomic E-state index is 0.00361. The van der Waals surface area contributed by atoms with Crippen LogP contribution in [0.1, 0.15) is 11.1 Å². The van der Waals surface area contributed by atoms with Crippen LogP contribution in [-0.2, 0) is 16.1 Å². The maximum atomic E-state index is 13.4. The van der Waals surface area contributed by atoms with E-state index >= 15 is 0 Å². The van der Waals surface area contributed by atoms with Crippen molar-refractivity contribution in [1.29, 1.82) is 5.26 Å². The molecule has 0 aliphatic heterocycles. The van der Waals surface area contributed by atoms with Crippen LogP contribution in [0.5, 0.6) is 0 Å². The lowest BCUT2D eigenvalue weighted by molar-refractivity contribution is -0.141. The Morgan fingerprint density at radius 2 is 1.80 bits per heavy atom. The van der Waals surface area contributed by atoms with E-state index in [1.54, 1.807) is 18.3 Å². The van der Waals surface area contributed by atoms with Crippen molar-refractivity contribution < 1.29 is 13.9 Å². The van der Waals surface area contributed by atoms with E-state index in [1.807, 2.05) is 63.7 Å². The number of rotatable bonds is 7. The Labute approximate surface area is 204 Å². The van der Waals surface area contributed by atoms with E-state index in [2.05, 4.69) is 16.3 Å². The van der Waals surface area contributed by atoms with Gasteiger partial charge in [-0.15, -0.1) is 10.2 Å². The second-order valence-electron chi connectivity index (χ2n) is 7.57. The number of esters is 1. The van der Waals surface area contributed by atoms with Crippen LogP contribution in [0.25, 0.3) is 22.6 Å². The van der Waals surface area contributed by atoms with Gasteiger partial charge in [0.05, 0.1) is 16.8 Å². The molecule has 0 N–H and O–H groups in total. The van der Waals surface area contributed by atoms with Gasteiger partial charge in [-0.3, -0.25) is 9.36 Å². The molecule has 2 aromatic carbocycles. The maximum Gasteiger partial charge on any atom is 0.316 e. The number of halogens is 1. The minimum Gasteiger partial charge on any atom is -0.460 e. The highest BCUT2D eigenvalue weighted by Gasteiger charge is 2.18. The second kappa shape index (κ2) is 9.83. The number of carbonyl (C=O) groups excluding carboxylic acids is 1. The summed E-state index contributed by atoms with van der Waals surface area (Å²) in [6.45, 7) is -0.00380. The molecule has 5 rings (SSSR count). The van der Waals surface area contributed by atoms with Crippen molar-refractivity contribution in [3.8, 4) is 23.1 Å². The Hall–Kier alpha value is -4.42. The van der Waals surface area contributed by atoms with Crippen LogP contribution in [0, 0.1) is 17.1 Å². The second-order valence-corrected chi connectivity index (χ2v) is 8.51. The number of nitrogens with zero attached hydrogens (tertiary/aromatic N) is 5. The van der Waals surface area contributed by atoms with Crippen LogP contribution < -0.4 is 0 Å². The molecule has 0 unspecified atom stereocenters. The van der Waals surface area contributed by atoms with E-state index in [1.165, 1.54) is 23.9 Å². The molecule has 0 aliphatic rings. The molecule has 9 heteroatoms. The zero-order valence-electron chi connectivity index (χ0n) is 18.3. The lowest BCUT2D eigenvalue weighted by Crippen LogP contribution is -2.09. The molecule has 0 saturated heterocycles. The number of fused-ring (bicyclic) bond motifs is 1. The first-order valence-electron chi connectivity index (χ1n) is 10.7. The van der Waals surface area contributed by atoms with E-state index < -0.39 is 5.97 Å². The Morgan fingerprint density at radius 1 is 1.03 bits per heavy atom. The molecule has 0 amide bonds. The molecule has 0 spiro atoms. The monoisotopic (exact) mass is 483 g/mol. The van der Waals surface area contributed by atoms with Crippen LogP contribution in [0.15, 0.2) is 90.3 Å². The van der Waals surface area contributed by atoms with Crippen molar-refractivity contribution in [2.75, 3.05) is 5.75 Å². The van der Waals surface area contributed by atoms with Crippen LogP contribution in [0.4, 0.5) is 4.39 Å². The summed E-state index contributed by atoms with van der Waals surface area (Å²) in [7, 11) is 0. The summed E-state index contributed by atoms with van der Waals surface area (Å²) in [6, 6.07) is 23.2. The van der Waals surface area contributed by atoms with Crippen molar-refractivity contribution in [2.45, 2.75) is 11.8 Å². The highest BCUT2D eigenvalue weighted by Crippen LogP contribution is 2.28. The number of hydrogen-bond donors (Lipinski definition) is 0. The van der Waals surface area contributed by atoms with Gasteiger partial charge in [0.2, 0.25) is 0 Å². The first-order valence-corrected chi connectivity index (χ1v) is 11.7. The molecule has 5 aromatic rings. The number of hydrogen-bond acceptors (Lipinski definition) is 6. The van der Waals surface area contributed by atoms with Gasteiger partial charge in [0.15, 0.2) is 11.0 Å². The molecule has 3 heterocycles. The zero-order valence-corrected chi connectivity index (χ0v) is 19.2. The Bertz CT molecular complexity index is 1540. The van der Waals surface area contributed by atoms with Crippen molar-refractivity contribution in [3.05, 3.63) is 102 Å². The number of pyridine rings is 1. The fourth-order valence-corrected chi connectivity index (χ4v) is 4.45. The predicted octanol–water partition coefficient (Wildman–Crippen LogP) is 5.03. The van der Waals surface area contributed by atoms with Gasteiger partial charge in [-0.25, -0.2) is 4.39 Å². The number of aromatic nitrogens is 4. The molecular formula is C26H18FN5O2S. The molecule has 0 saturated carbocycles. The lowest BCUT2D eigenvalue weighted by Gasteiger charge is -2.10. The smallest absolute Gasteiger partial charge is 0.316 e. The third-order valence-electron chi connectivity index (χ3n) is 5.33. The van der Waals surface area contributed by atoms with E-state index in [-0.39, 0.29) is 18.2 Å². The van der Waals surface area contributed by atoms with Gasteiger partial charge in [-0.05, 0) is 48.5 Å². The number of benzene rings is 2. The van der Waals surface area contributed by atoms with E-state index in [4.69, 9.17) is 4.74 Å². The van der Waals surface area contributed by atoms with Gasteiger partial charge in [0, 0.05) is 29.2 Å². The lowest BCUT2D eigenvalue weighted by atomic mass is 10.2. The number of carbonyl (C=O) groups is 1. The summed E-state index contributed by atoms with van der Waals surface area (Å²) >= 11 is 1.19. The summed E-state index contributed by atoms with van der Waals surface area (Å²) < 4.78 is 22.5. The highest BCUT2D eigenvalue weighted by molar-refractivity contribution is 7.99. The molecule has 0 fully saturated rings. The average molecular weight is 484 g/mol. The fourth-order valence-electron chi connectivity index (χ4n) is 3.70. The number of para-hydroxylation sites is 1. The van der Waals surface area contributed by atoms with Gasteiger partial charge in [-0.2, -0.15) is 5.26 Å². The standard InChI is InChI=1S/C26H18FN5O2S/c27-20-11-9-18(10-12-20)25-29-30-26(32(25)21-6-2-1-3-7-21)35-17-24(33)34-16-19-15-31-13-5-4-8-23(31)22(19)14-28/h1-13,15H,16-17H2. The zero-order chi connectivity index (χ0) is 24.2. The van der Waals surface area contributed by atoms with Crippen molar-refractivity contribution in [3.63, 3.8) is 0 Å². The Kier molecular flexibility index (Phi) is 6.28. The topological polar surface area (TPSA) is 85.2 Å². The third-order valence-corrected chi connectivity index (χ3v) is 6.23. The Morgan fingerprint density at radius 3 is 2.57 bits per heavy atom. The van der Waals surface area contributed by atoms with Gasteiger partial charge in [0.25, 0.3) is 0 Å². The van der Waals surface area contributed by atoms with Crippen LogP contribution >= 0.6 is 11.8 Å². The van der Waals surface area contributed by atoms with Gasteiger partial charge < -0.3 is 9.14 Å². The fraction of sp³-hybridized carbons (Fsp3) is 0.0769. The SMILES string of the molecule is N#Cc1c(COC(=O)CSc2nnc(-c3ccc(F)cc3)n2-c2ccccc2)cn2ccccc12. The highest BCUT2D eigenvalue weighted by atomic mass is 32.2. The average Bonchev–Trinajstić information content (AvgIpc) is 3.48. The number of nitriles is 1.